The molecule has 3 heteroatoms. The molecule has 1 aliphatic carbocycles. The lowest BCUT2D eigenvalue weighted by molar-refractivity contribution is -0.118. The topological polar surface area (TPSA) is 41.1 Å². The maximum atomic E-state index is 11.6. The lowest BCUT2D eigenvalue weighted by Crippen LogP contribution is -2.26. The minimum atomic E-state index is 0.0107. The van der Waals surface area contributed by atoms with Crippen LogP contribution in [0.2, 0.25) is 0 Å². The fourth-order valence-electron chi connectivity index (χ4n) is 2.74. The predicted molar refractivity (Wildman–Crippen MR) is 85.0 cm³/mol. The SMILES string of the molecule is CC1CCCC(Nc2ccc(NC(=O)C(C)C)cc2)C1. The second-order valence-corrected chi connectivity index (χ2v) is 6.33. The summed E-state index contributed by atoms with van der Waals surface area (Å²) < 4.78 is 0. The Morgan fingerprint density at radius 2 is 1.80 bits per heavy atom. The summed E-state index contributed by atoms with van der Waals surface area (Å²) in [7, 11) is 0. The van der Waals surface area contributed by atoms with E-state index < -0.39 is 0 Å². The molecule has 2 atom stereocenters. The van der Waals surface area contributed by atoms with Crippen LogP contribution in [0, 0.1) is 11.8 Å². The molecule has 20 heavy (non-hydrogen) atoms. The van der Waals surface area contributed by atoms with Crippen LogP contribution in [0.4, 0.5) is 11.4 Å². The minimum absolute atomic E-state index is 0.0107. The van der Waals surface area contributed by atoms with E-state index in [-0.39, 0.29) is 11.8 Å². The number of hydrogen-bond donors (Lipinski definition) is 2. The number of hydrogen-bond acceptors (Lipinski definition) is 2. The summed E-state index contributed by atoms with van der Waals surface area (Å²) in [5.41, 5.74) is 2.01. The van der Waals surface area contributed by atoms with E-state index in [1.54, 1.807) is 0 Å². The smallest absolute Gasteiger partial charge is 0.226 e. The lowest BCUT2D eigenvalue weighted by atomic mass is 9.87. The second-order valence-electron chi connectivity index (χ2n) is 6.33. The summed E-state index contributed by atoms with van der Waals surface area (Å²) in [6, 6.07) is 8.63. The molecular weight excluding hydrogens is 248 g/mol. The predicted octanol–water partition coefficient (Wildman–Crippen LogP) is 4.27. The first-order valence-corrected chi connectivity index (χ1v) is 7.72. The summed E-state index contributed by atoms with van der Waals surface area (Å²) in [5, 5.41) is 6.51. The van der Waals surface area contributed by atoms with Crippen molar-refractivity contribution in [2.75, 3.05) is 10.6 Å². The van der Waals surface area contributed by atoms with Crippen molar-refractivity contribution >= 4 is 17.3 Å². The van der Waals surface area contributed by atoms with E-state index in [1.165, 1.54) is 25.7 Å². The van der Waals surface area contributed by atoms with Gasteiger partial charge >= 0.3 is 0 Å². The molecule has 0 saturated heterocycles. The lowest BCUT2D eigenvalue weighted by Gasteiger charge is -2.28. The normalized spacial score (nSPS) is 22.6. The van der Waals surface area contributed by atoms with Crippen molar-refractivity contribution in [1.82, 2.24) is 0 Å². The van der Waals surface area contributed by atoms with Gasteiger partial charge in [0.05, 0.1) is 0 Å². The monoisotopic (exact) mass is 274 g/mol. The Hall–Kier alpha value is -1.51. The summed E-state index contributed by atoms with van der Waals surface area (Å²) in [5.74, 6) is 0.897. The van der Waals surface area contributed by atoms with Gasteiger partial charge < -0.3 is 10.6 Å². The third-order valence-corrected chi connectivity index (χ3v) is 3.98. The van der Waals surface area contributed by atoms with Gasteiger partial charge in [0.25, 0.3) is 0 Å². The van der Waals surface area contributed by atoms with E-state index >= 15 is 0 Å². The van der Waals surface area contributed by atoms with Crippen molar-refractivity contribution in [3.8, 4) is 0 Å². The van der Waals surface area contributed by atoms with Crippen molar-refractivity contribution in [3.05, 3.63) is 24.3 Å². The number of anilines is 2. The summed E-state index contributed by atoms with van der Waals surface area (Å²) in [4.78, 5) is 11.6. The number of carbonyl (C=O) groups is 1. The molecule has 1 fully saturated rings. The van der Waals surface area contributed by atoms with Crippen LogP contribution in [0.15, 0.2) is 24.3 Å². The van der Waals surface area contributed by atoms with Gasteiger partial charge in [0.15, 0.2) is 0 Å². The van der Waals surface area contributed by atoms with Crippen LogP contribution in [-0.2, 0) is 4.79 Å². The van der Waals surface area contributed by atoms with Crippen molar-refractivity contribution in [2.24, 2.45) is 11.8 Å². The molecule has 0 spiro atoms. The Labute approximate surface area is 122 Å². The van der Waals surface area contributed by atoms with E-state index in [1.807, 2.05) is 26.0 Å². The Balaban J connectivity index is 1.89. The van der Waals surface area contributed by atoms with Gasteiger partial charge in [-0.1, -0.05) is 33.6 Å². The second kappa shape index (κ2) is 6.78. The highest BCUT2D eigenvalue weighted by atomic mass is 16.1. The molecular formula is C17H26N2O. The molecule has 3 nitrogen and oxygen atoms in total. The molecule has 2 N–H and O–H groups in total. The van der Waals surface area contributed by atoms with E-state index in [9.17, 15) is 4.79 Å². The molecule has 1 saturated carbocycles. The Kier molecular flexibility index (Phi) is 5.05. The minimum Gasteiger partial charge on any atom is -0.382 e. The van der Waals surface area contributed by atoms with E-state index in [0.717, 1.165) is 17.3 Å². The number of carbonyl (C=O) groups excluding carboxylic acids is 1. The van der Waals surface area contributed by atoms with Gasteiger partial charge in [-0.05, 0) is 43.0 Å². The van der Waals surface area contributed by atoms with Crippen LogP contribution in [-0.4, -0.2) is 11.9 Å². The molecule has 0 heterocycles. The highest BCUT2D eigenvalue weighted by Gasteiger charge is 2.18. The molecule has 0 radical (unpaired) electrons. The quantitative estimate of drug-likeness (QED) is 0.860. The van der Waals surface area contributed by atoms with Crippen molar-refractivity contribution in [2.45, 2.75) is 52.5 Å². The van der Waals surface area contributed by atoms with Gasteiger partial charge in [-0.25, -0.2) is 0 Å². The molecule has 1 aromatic carbocycles. The van der Waals surface area contributed by atoms with Crippen molar-refractivity contribution in [1.29, 1.82) is 0 Å². The fourth-order valence-corrected chi connectivity index (χ4v) is 2.74. The van der Waals surface area contributed by atoms with Gasteiger partial charge in [-0.2, -0.15) is 0 Å². The number of nitrogens with one attached hydrogen (secondary N) is 2. The van der Waals surface area contributed by atoms with Crippen LogP contribution in [0.3, 0.4) is 0 Å². The zero-order chi connectivity index (χ0) is 14.5. The zero-order valence-electron chi connectivity index (χ0n) is 12.8. The number of amides is 1. The van der Waals surface area contributed by atoms with E-state index in [2.05, 4.69) is 29.7 Å². The third kappa shape index (κ3) is 4.26. The standard InChI is InChI=1S/C17H26N2O/c1-12(2)17(20)19-15-9-7-14(8-10-15)18-16-6-4-5-13(3)11-16/h7-10,12-13,16,18H,4-6,11H2,1-3H3,(H,19,20). The Morgan fingerprint density at radius 3 is 2.40 bits per heavy atom. The molecule has 1 amide bonds. The van der Waals surface area contributed by atoms with Crippen LogP contribution in [0.25, 0.3) is 0 Å². The average Bonchev–Trinajstić information content (AvgIpc) is 2.41. The maximum Gasteiger partial charge on any atom is 0.226 e. The van der Waals surface area contributed by atoms with Gasteiger partial charge in [0, 0.05) is 23.3 Å². The third-order valence-electron chi connectivity index (χ3n) is 3.98. The first-order chi connectivity index (χ1) is 9.54. The summed E-state index contributed by atoms with van der Waals surface area (Å²) >= 11 is 0. The zero-order valence-corrected chi connectivity index (χ0v) is 12.8. The molecule has 2 unspecified atom stereocenters. The first kappa shape index (κ1) is 14.9. The van der Waals surface area contributed by atoms with Gasteiger partial charge in [0.1, 0.15) is 0 Å². The van der Waals surface area contributed by atoms with E-state index in [4.69, 9.17) is 0 Å². The van der Waals surface area contributed by atoms with Crippen LogP contribution < -0.4 is 10.6 Å². The summed E-state index contributed by atoms with van der Waals surface area (Å²) in [6.07, 6.45) is 5.20. The molecule has 1 aliphatic rings. The molecule has 0 aliphatic heterocycles. The number of rotatable bonds is 4. The van der Waals surface area contributed by atoms with Crippen LogP contribution in [0.5, 0.6) is 0 Å². The fraction of sp³-hybridized carbons (Fsp3) is 0.588. The molecule has 110 valence electrons. The van der Waals surface area contributed by atoms with Crippen LogP contribution in [0.1, 0.15) is 46.5 Å². The maximum absolute atomic E-state index is 11.6. The number of benzene rings is 1. The van der Waals surface area contributed by atoms with E-state index in [0.29, 0.717) is 6.04 Å². The average molecular weight is 274 g/mol. The largest absolute Gasteiger partial charge is 0.382 e. The Morgan fingerprint density at radius 1 is 1.15 bits per heavy atom. The molecule has 1 aromatic rings. The Bertz CT molecular complexity index is 439. The van der Waals surface area contributed by atoms with Gasteiger partial charge in [-0.3, -0.25) is 4.79 Å². The highest BCUT2D eigenvalue weighted by Crippen LogP contribution is 2.26. The van der Waals surface area contributed by atoms with Gasteiger partial charge in [-0.15, -0.1) is 0 Å². The van der Waals surface area contributed by atoms with Crippen molar-refractivity contribution < 1.29 is 4.79 Å². The highest BCUT2D eigenvalue weighted by molar-refractivity contribution is 5.92. The molecule has 2 rings (SSSR count). The molecule has 0 bridgehead atoms. The molecule has 0 aromatic heterocycles. The summed E-state index contributed by atoms with van der Waals surface area (Å²) in [6.45, 7) is 6.13. The van der Waals surface area contributed by atoms with Crippen LogP contribution >= 0.6 is 0 Å². The van der Waals surface area contributed by atoms with Crippen molar-refractivity contribution in [3.63, 3.8) is 0 Å². The first-order valence-electron chi connectivity index (χ1n) is 7.72. The van der Waals surface area contributed by atoms with Gasteiger partial charge in [0.2, 0.25) is 5.91 Å².